The minimum absolute atomic E-state index is 0.110. The zero-order valence-corrected chi connectivity index (χ0v) is 18.4. The topological polar surface area (TPSA) is 119 Å². The zero-order valence-electron chi connectivity index (χ0n) is 18.4. The van der Waals surface area contributed by atoms with Crippen LogP contribution in [0, 0.1) is 0 Å². The molecule has 0 saturated carbocycles. The van der Waals surface area contributed by atoms with E-state index in [0.29, 0.717) is 31.1 Å². The first kappa shape index (κ1) is 21.0. The van der Waals surface area contributed by atoms with Crippen LogP contribution in [0.15, 0.2) is 48.5 Å². The fraction of sp³-hybridized carbons (Fsp3) is 0.333. The third kappa shape index (κ3) is 4.02. The number of likely N-dealkylation sites (tertiary alicyclic amines) is 1. The molecule has 33 heavy (non-hydrogen) atoms. The first-order valence-electron chi connectivity index (χ1n) is 11.1. The fourth-order valence-corrected chi connectivity index (χ4v) is 4.55. The number of imide groups is 1. The van der Waals surface area contributed by atoms with Crippen LogP contribution in [0.4, 0.5) is 9.59 Å². The van der Waals surface area contributed by atoms with Crippen LogP contribution >= 0.6 is 0 Å². The van der Waals surface area contributed by atoms with E-state index in [4.69, 9.17) is 4.98 Å². The molecular formula is C24H26N6O3. The van der Waals surface area contributed by atoms with Crippen LogP contribution in [-0.2, 0) is 16.9 Å². The normalized spacial score (nSPS) is 21.2. The van der Waals surface area contributed by atoms with Crippen LogP contribution < -0.4 is 16.0 Å². The Kier molecular flexibility index (Phi) is 5.24. The van der Waals surface area contributed by atoms with E-state index in [-0.39, 0.29) is 11.9 Å². The molecule has 5 amide bonds. The van der Waals surface area contributed by atoms with Gasteiger partial charge >= 0.3 is 12.1 Å². The highest BCUT2D eigenvalue weighted by Crippen LogP contribution is 2.28. The van der Waals surface area contributed by atoms with Gasteiger partial charge in [-0.25, -0.2) is 14.6 Å². The summed E-state index contributed by atoms with van der Waals surface area (Å²) in [6.45, 7) is 3.33. The van der Waals surface area contributed by atoms with Crippen LogP contribution in [0.25, 0.3) is 11.0 Å². The van der Waals surface area contributed by atoms with Gasteiger partial charge in [-0.3, -0.25) is 10.1 Å². The molecule has 3 aromatic rings. The predicted octanol–water partition coefficient (Wildman–Crippen LogP) is 2.71. The van der Waals surface area contributed by atoms with Crippen molar-refractivity contribution < 1.29 is 14.4 Å². The van der Waals surface area contributed by atoms with Gasteiger partial charge in [0, 0.05) is 25.6 Å². The average molecular weight is 447 g/mol. The lowest BCUT2D eigenvalue weighted by Crippen LogP contribution is -2.44. The van der Waals surface area contributed by atoms with E-state index in [1.807, 2.05) is 47.4 Å². The van der Waals surface area contributed by atoms with Crippen molar-refractivity contribution in [1.29, 1.82) is 0 Å². The summed E-state index contributed by atoms with van der Waals surface area (Å²) in [6, 6.07) is 14.7. The third-order valence-electron chi connectivity index (χ3n) is 6.57. The van der Waals surface area contributed by atoms with Crippen molar-refractivity contribution in [2.45, 2.75) is 37.8 Å². The number of para-hydroxylation sites is 2. The van der Waals surface area contributed by atoms with Crippen LogP contribution in [0.2, 0.25) is 0 Å². The molecule has 2 aliphatic rings. The molecule has 1 atom stereocenters. The van der Waals surface area contributed by atoms with Gasteiger partial charge in [0.15, 0.2) is 0 Å². The van der Waals surface area contributed by atoms with Crippen LogP contribution in [-0.4, -0.2) is 45.9 Å². The number of piperidine rings is 1. The SMILES string of the molecule is CC1(c2cccc(CNC(=O)N3CCC(c4nc5ccccc5[nH]4)CC3)c2)NC(=O)NC1=O. The van der Waals surface area contributed by atoms with Gasteiger partial charge in [0.2, 0.25) is 0 Å². The van der Waals surface area contributed by atoms with Crippen molar-refractivity contribution in [2.75, 3.05) is 13.1 Å². The van der Waals surface area contributed by atoms with E-state index in [0.717, 1.165) is 35.3 Å². The molecular weight excluding hydrogens is 420 g/mol. The van der Waals surface area contributed by atoms with Crippen LogP contribution in [0.1, 0.15) is 42.6 Å². The molecule has 3 heterocycles. The quantitative estimate of drug-likeness (QED) is 0.461. The largest absolute Gasteiger partial charge is 0.342 e. The molecule has 1 unspecified atom stereocenters. The maximum Gasteiger partial charge on any atom is 0.322 e. The van der Waals surface area contributed by atoms with Crippen molar-refractivity contribution >= 4 is 29.0 Å². The minimum atomic E-state index is -1.12. The highest BCUT2D eigenvalue weighted by molar-refractivity contribution is 6.07. The van der Waals surface area contributed by atoms with Crippen molar-refractivity contribution in [3.8, 4) is 0 Å². The Hall–Kier alpha value is -3.88. The number of aromatic amines is 1. The number of nitrogens with one attached hydrogen (secondary N) is 4. The van der Waals surface area contributed by atoms with Crippen molar-refractivity contribution in [3.63, 3.8) is 0 Å². The van der Waals surface area contributed by atoms with Gasteiger partial charge in [-0.2, -0.15) is 0 Å². The van der Waals surface area contributed by atoms with E-state index >= 15 is 0 Å². The number of benzene rings is 2. The minimum Gasteiger partial charge on any atom is -0.342 e. The molecule has 1 aromatic heterocycles. The monoisotopic (exact) mass is 446 g/mol. The first-order chi connectivity index (χ1) is 15.9. The van der Waals surface area contributed by atoms with E-state index in [1.165, 1.54) is 0 Å². The lowest BCUT2D eigenvalue weighted by Gasteiger charge is -2.31. The number of urea groups is 2. The summed E-state index contributed by atoms with van der Waals surface area (Å²) in [5.74, 6) is 0.914. The summed E-state index contributed by atoms with van der Waals surface area (Å²) in [6.07, 6.45) is 1.71. The van der Waals surface area contributed by atoms with Gasteiger partial charge in [0.1, 0.15) is 11.4 Å². The lowest BCUT2D eigenvalue weighted by molar-refractivity contribution is -0.123. The lowest BCUT2D eigenvalue weighted by atomic mass is 9.91. The van der Waals surface area contributed by atoms with Gasteiger partial charge in [0.25, 0.3) is 5.91 Å². The number of imidazole rings is 1. The maximum atomic E-state index is 12.7. The molecule has 2 aromatic carbocycles. The molecule has 170 valence electrons. The van der Waals surface area contributed by atoms with Gasteiger partial charge in [-0.15, -0.1) is 0 Å². The van der Waals surface area contributed by atoms with Crippen molar-refractivity contribution in [3.05, 3.63) is 65.5 Å². The van der Waals surface area contributed by atoms with Crippen molar-refractivity contribution in [1.82, 2.24) is 30.8 Å². The van der Waals surface area contributed by atoms with E-state index in [9.17, 15) is 14.4 Å². The summed E-state index contributed by atoms with van der Waals surface area (Å²) in [5.41, 5.74) is 2.42. The fourth-order valence-electron chi connectivity index (χ4n) is 4.55. The van der Waals surface area contributed by atoms with Gasteiger partial charge in [-0.05, 0) is 43.0 Å². The Bertz CT molecular complexity index is 1200. The molecule has 2 saturated heterocycles. The second-order valence-electron chi connectivity index (χ2n) is 8.79. The first-order valence-corrected chi connectivity index (χ1v) is 11.1. The molecule has 4 N–H and O–H groups in total. The van der Waals surface area contributed by atoms with Crippen molar-refractivity contribution in [2.24, 2.45) is 0 Å². The summed E-state index contributed by atoms with van der Waals surface area (Å²) in [5, 5.41) is 7.90. The molecule has 2 fully saturated rings. The van der Waals surface area contributed by atoms with Crippen LogP contribution in [0.3, 0.4) is 0 Å². The number of hydrogen-bond acceptors (Lipinski definition) is 4. The number of carbonyl (C=O) groups is 3. The Morgan fingerprint density at radius 1 is 1.15 bits per heavy atom. The molecule has 9 heteroatoms. The van der Waals surface area contributed by atoms with E-state index in [1.54, 1.807) is 13.0 Å². The highest BCUT2D eigenvalue weighted by Gasteiger charge is 2.43. The molecule has 5 rings (SSSR count). The molecule has 0 bridgehead atoms. The number of hydrogen-bond donors (Lipinski definition) is 4. The van der Waals surface area contributed by atoms with Crippen LogP contribution in [0.5, 0.6) is 0 Å². The second-order valence-corrected chi connectivity index (χ2v) is 8.79. The van der Waals surface area contributed by atoms with Gasteiger partial charge in [0.05, 0.1) is 11.0 Å². The predicted molar refractivity (Wildman–Crippen MR) is 122 cm³/mol. The number of carbonyl (C=O) groups excluding carboxylic acids is 3. The number of fused-ring (bicyclic) bond motifs is 1. The standard InChI is InChI=1S/C24H26N6O3/c1-24(21(31)28-22(32)29-24)17-6-4-5-15(13-17)14-25-23(33)30-11-9-16(10-12-30)20-26-18-7-2-3-8-19(18)27-20/h2-8,13,16H,9-12,14H2,1H3,(H,25,33)(H,26,27)(H2,28,29,31,32). The smallest absolute Gasteiger partial charge is 0.322 e. The summed E-state index contributed by atoms with van der Waals surface area (Å²) >= 11 is 0. The highest BCUT2D eigenvalue weighted by atomic mass is 16.2. The van der Waals surface area contributed by atoms with Gasteiger partial charge < -0.3 is 20.5 Å². The molecule has 0 spiro atoms. The number of nitrogens with zero attached hydrogens (tertiary/aromatic N) is 2. The molecule has 2 aliphatic heterocycles. The molecule has 9 nitrogen and oxygen atoms in total. The number of rotatable bonds is 4. The Balaban J connectivity index is 1.17. The maximum absolute atomic E-state index is 12.7. The third-order valence-corrected chi connectivity index (χ3v) is 6.57. The average Bonchev–Trinajstić information content (AvgIpc) is 3.38. The summed E-state index contributed by atoms with van der Waals surface area (Å²) < 4.78 is 0. The second kappa shape index (κ2) is 8.23. The summed E-state index contributed by atoms with van der Waals surface area (Å²) in [4.78, 5) is 46.4. The molecule has 0 aliphatic carbocycles. The van der Waals surface area contributed by atoms with E-state index in [2.05, 4.69) is 20.9 Å². The Morgan fingerprint density at radius 3 is 2.67 bits per heavy atom. The Labute approximate surface area is 190 Å². The summed E-state index contributed by atoms with van der Waals surface area (Å²) in [7, 11) is 0. The number of H-pyrrole nitrogens is 1. The van der Waals surface area contributed by atoms with E-state index < -0.39 is 11.6 Å². The molecule has 0 radical (unpaired) electrons. The number of aromatic nitrogens is 2. The number of amides is 5. The van der Waals surface area contributed by atoms with Gasteiger partial charge in [-0.1, -0.05) is 36.4 Å². The zero-order chi connectivity index (χ0) is 23.0. The Morgan fingerprint density at radius 2 is 1.94 bits per heavy atom.